The summed E-state index contributed by atoms with van der Waals surface area (Å²) in [6.45, 7) is 5.93. The predicted molar refractivity (Wildman–Crippen MR) is 115 cm³/mol. The van der Waals surface area contributed by atoms with Crippen molar-refractivity contribution in [3.8, 4) is 0 Å². The zero-order valence-corrected chi connectivity index (χ0v) is 17.0. The van der Waals surface area contributed by atoms with Crippen molar-refractivity contribution in [3.63, 3.8) is 0 Å². The highest BCUT2D eigenvalue weighted by Crippen LogP contribution is 2.19. The fourth-order valence-corrected chi connectivity index (χ4v) is 4.47. The van der Waals surface area contributed by atoms with Crippen LogP contribution >= 0.6 is 11.8 Å². The van der Waals surface area contributed by atoms with Crippen LogP contribution in [-0.2, 0) is 17.1 Å². The summed E-state index contributed by atoms with van der Waals surface area (Å²) in [5, 5.41) is 3.14. The molecule has 0 atom stereocenters. The molecule has 1 N–H and O–H groups in total. The largest absolute Gasteiger partial charge is 0.355 e. The normalized spacial score (nSPS) is 15.6. The highest BCUT2D eigenvalue weighted by Gasteiger charge is 2.24. The van der Waals surface area contributed by atoms with Crippen LogP contribution < -0.4 is 5.32 Å². The van der Waals surface area contributed by atoms with Gasteiger partial charge in [-0.25, -0.2) is 0 Å². The van der Waals surface area contributed by atoms with E-state index in [4.69, 9.17) is 0 Å². The number of piperidine rings is 1. The Labute approximate surface area is 167 Å². The van der Waals surface area contributed by atoms with Gasteiger partial charge in [-0.15, -0.1) is 0 Å². The van der Waals surface area contributed by atoms with E-state index in [1.807, 2.05) is 11.8 Å². The average Bonchev–Trinajstić information content (AvgIpc) is 2.70. The lowest BCUT2D eigenvalue weighted by Crippen LogP contribution is -2.40. The van der Waals surface area contributed by atoms with Gasteiger partial charge < -0.3 is 5.32 Å². The maximum atomic E-state index is 12.4. The lowest BCUT2D eigenvalue weighted by atomic mass is 9.95. The number of carbonyl (C=O) groups excluding carboxylic acids is 1. The van der Waals surface area contributed by atoms with Gasteiger partial charge in [0.15, 0.2) is 0 Å². The predicted octanol–water partition coefficient (Wildman–Crippen LogP) is 4.26. The van der Waals surface area contributed by atoms with Crippen LogP contribution in [0.15, 0.2) is 54.6 Å². The van der Waals surface area contributed by atoms with Crippen LogP contribution in [0.25, 0.3) is 0 Å². The minimum absolute atomic E-state index is 0.179. The average molecular weight is 383 g/mol. The summed E-state index contributed by atoms with van der Waals surface area (Å²) in [5.41, 5.74) is 4.09. The fourth-order valence-electron chi connectivity index (χ4n) is 3.54. The van der Waals surface area contributed by atoms with Gasteiger partial charge in [-0.2, -0.15) is 11.8 Å². The van der Waals surface area contributed by atoms with Gasteiger partial charge in [-0.3, -0.25) is 9.69 Å². The molecule has 27 heavy (non-hydrogen) atoms. The number of hydrogen-bond acceptors (Lipinski definition) is 3. The van der Waals surface area contributed by atoms with Crippen LogP contribution in [0.3, 0.4) is 0 Å². The minimum Gasteiger partial charge on any atom is -0.355 e. The van der Waals surface area contributed by atoms with Gasteiger partial charge in [-0.05, 0) is 49.5 Å². The number of benzene rings is 2. The number of rotatable bonds is 8. The Kier molecular flexibility index (Phi) is 7.79. The van der Waals surface area contributed by atoms with E-state index in [0.717, 1.165) is 50.5 Å². The zero-order chi connectivity index (χ0) is 18.9. The number of hydrogen-bond donors (Lipinski definition) is 1. The van der Waals surface area contributed by atoms with Crippen molar-refractivity contribution < 1.29 is 4.79 Å². The van der Waals surface area contributed by atoms with Crippen molar-refractivity contribution in [2.75, 3.05) is 25.4 Å². The molecule has 1 heterocycles. The molecular weight excluding hydrogens is 352 g/mol. The molecule has 4 heteroatoms. The SMILES string of the molecule is Cc1ccccc1CSCCNC(=O)C1CCN(Cc2ccccc2)CC1. The molecule has 1 amide bonds. The summed E-state index contributed by atoms with van der Waals surface area (Å²) >= 11 is 1.89. The summed E-state index contributed by atoms with van der Waals surface area (Å²) in [7, 11) is 0. The van der Waals surface area contributed by atoms with E-state index < -0.39 is 0 Å². The van der Waals surface area contributed by atoms with Crippen molar-refractivity contribution in [2.24, 2.45) is 5.92 Å². The summed E-state index contributed by atoms with van der Waals surface area (Å²) in [5.74, 6) is 2.40. The first-order valence-electron chi connectivity index (χ1n) is 9.88. The Morgan fingerprint density at radius 3 is 2.52 bits per heavy atom. The number of nitrogens with zero attached hydrogens (tertiary/aromatic N) is 1. The summed E-state index contributed by atoms with van der Waals surface area (Å²) < 4.78 is 0. The highest BCUT2D eigenvalue weighted by atomic mass is 32.2. The maximum Gasteiger partial charge on any atom is 0.223 e. The number of likely N-dealkylation sites (tertiary alicyclic amines) is 1. The zero-order valence-electron chi connectivity index (χ0n) is 16.2. The van der Waals surface area contributed by atoms with E-state index in [0.29, 0.717) is 0 Å². The molecule has 0 bridgehead atoms. The molecule has 3 nitrogen and oxygen atoms in total. The second-order valence-corrected chi connectivity index (χ2v) is 8.41. The highest BCUT2D eigenvalue weighted by molar-refractivity contribution is 7.98. The van der Waals surface area contributed by atoms with Gasteiger partial charge in [0.25, 0.3) is 0 Å². The van der Waals surface area contributed by atoms with Crippen LogP contribution in [0.5, 0.6) is 0 Å². The first-order chi connectivity index (χ1) is 13.2. The molecule has 1 saturated heterocycles. The van der Waals surface area contributed by atoms with Crippen molar-refractivity contribution >= 4 is 17.7 Å². The molecule has 1 aliphatic rings. The van der Waals surface area contributed by atoms with Crippen molar-refractivity contribution in [1.82, 2.24) is 10.2 Å². The van der Waals surface area contributed by atoms with Crippen molar-refractivity contribution in [1.29, 1.82) is 0 Å². The molecule has 2 aromatic carbocycles. The van der Waals surface area contributed by atoms with Crippen LogP contribution in [0.4, 0.5) is 0 Å². The number of carbonyl (C=O) groups is 1. The second kappa shape index (κ2) is 10.5. The number of amides is 1. The summed E-state index contributed by atoms with van der Waals surface area (Å²) in [4.78, 5) is 14.9. The Hall–Kier alpha value is -1.78. The topological polar surface area (TPSA) is 32.3 Å². The van der Waals surface area contributed by atoms with Gasteiger partial charge in [-0.1, -0.05) is 54.6 Å². The minimum atomic E-state index is 0.179. The van der Waals surface area contributed by atoms with E-state index in [2.05, 4.69) is 71.7 Å². The van der Waals surface area contributed by atoms with Crippen LogP contribution in [-0.4, -0.2) is 36.2 Å². The Morgan fingerprint density at radius 1 is 1.07 bits per heavy atom. The third kappa shape index (κ3) is 6.40. The van der Waals surface area contributed by atoms with Gasteiger partial charge in [0.2, 0.25) is 5.91 Å². The monoisotopic (exact) mass is 382 g/mol. The lowest BCUT2D eigenvalue weighted by molar-refractivity contribution is -0.126. The standard InChI is InChI=1S/C23H30N2OS/c1-19-7-5-6-10-22(19)18-27-16-13-24-23(26)21-11-14-25(15-12-21)17-20-8-3-2-4-9-20/h2-10,21H,11-18H2,1H3,(H,24,26). The van der Waals surface area contributed by atoms with Gasteiger partial charge in [0, 0.05) is 30.5 Å². The summed E-state index contributed by atoms with van der Waals surface area (Å²) in [6, 6.07) is 19.1. The third-order valence-electron chi connectivity index (χ3n) is 5.27. The quantitative estimate of drug-likeness (QED) is 0.693. The Morgan fingerprint density at radius 2 is 1.78 bits per heavy atom. The first kappa shape index (κ1) is 20.0. The van der Waals surface area contributed by atoms with Crippen LogP contribution in [0.1, 0.15) is 29.5 Å². The van der Waals surface area contributed by atoms with E-state index in [1.54, 1.807) is 0 Å². The van der Waals surface area contributed by atoms with Gasteiger partial charge in [0.05, 0.1) is 0 Å². The van der Waals surface area contributed by atoms with E-state index in [9.17, 15) is 4.79 Å². The van der Waals surface area contributed by atoms with Crippen molar-refractivity contribution in [2.45, 2.75) is 32.1 Å². The van der Waals surface area contributed by atoms with E-state index >= 15 is 0 Å². The number of nitrogens with one attached hydrogen (secondary N) is 1. The third-order valence-corrected chi connectivity index (χ3v) is 6.28. The lowest BCUT2D eigenvalue weighted by Gasteiger charge is -2.31. The fraction of sp³-hybridized carbons (Fsp3) is 0.435. The molecule has 0 saturated carbocycles. The molecule has 2 aromatic rings. The van der Waals surface area contributed by atoms with E-state index in [-0.39, 0.29) is 11.8 Å². The molecule has 0 spiro atoms. The number of thioether (sulfide) groups is 1. The molecule has 0 aliphatic carbocycles. The molecule has 0 radical (unpaired) electrons. The summed E-state index contributed by atoms with van der Waals surface area (Å²) in [6.07, 6.45) is 1.93. The Bertz CT molecular complexity index is 711. The molecule has 3 rings (SSSR count). The molecule has 1 aliphatic heterocycles. The van der Waals surface area contributed by atoms with Gasteiger partial charge in [0.1, 0.15) is 0 Å². The maximum absolute atomic E-state index is 12.4. The molecular formula is C23H30N2OS. The Balaban J connectivity index is 1.30. The second-order valence-electron chi connectivity index (χ2n) is 7.31. The molecule has 144 valence electrons. The van der Waals surface area contributed by atoms with Crippen LogP contribution in [0, 0.1) is 12.8 Å². The van der Waals surface area contributed by atoms with E-state index in [1.165, 1.54) is 16.7 Å². The smallest absolute Gasteiger partial charge is 0.223 e. The molecule has 0 unspecified atom stereocenters. The van der Waals surface area contributed by atoms with Gasteiger partial charge >= 0.3 is 0 Å². The molecule has 0 aromatic heterocycles. The van der Waals surface area contributed by atoms with Crippen molar-refractivity contribution in [3.05, 3.63) is 71.3 Å². The molecule has 1 fully saturated rings. The number of aryl methyl sites for hydroxylation is 1. The first-order valence-corrected chi connectivity index (χ1v) is 11.0. The van der Waals surface area contributed by atoms with Crippen LogP contribution in [0.2, 0.25) is 0 Å².